The summed E-state index contributed by atoms with van der Waals surface area (Å²) in [6.45, 7) is 10.8. The predicted octanol–water partition coefficient (Wildman–Crippen LogP) is 3.21. The number of hydrogen-bond donors (Lipinski definition) is 2. The first-order valence-corrected chi connectivity index (χ1v) is 8.17. The number of hydrogen-bond acceptors (Lipinski definition) is 5. The summed E-state index contributed by atoms with van der Waals surface area (Å²) in [6, 6.07) is 2.61. The molecule has 21 heavy (non-hydrogen) atoms. The van der Waals surface area contributed by atoms with E-state index < -0.39 is 0 Å². The molecular weight excluding hydrogens is 280 g/mol. The third-order valence-electron chi connectivity index (χ3n) is 3.62. The molecule has 0 spiro atoms. The average Bonchev–Trinajstić information content (AvgIpc) is 2.72. The molecule has 1 aliphatic heterocycles. The van der Waals surface area contributed by atoms with Gasteiger partial charge in [0.1, 0.15) is 16.6 Å². The summed E-state index contributed by atoms with van der Waals surface area (Å²) in [5, 5.41) is 19.2. The molecule has 114 valence electrons. The molecule has 0 unspecified atom stereocenters. The van der Waals surface area contributed by atoms with Crippen LogP contribution in [-0.2, 0) is 0 Å². The van der Waals surface area contributed by atoms with E-state index in [2.05, 4.69) is 49.4 Å². The van der Waals surface area contributed by atoms with E-state index in [0.29, 0.717) is 11.6 Å². The van der Waals surface area contributed by atoms with E-state index in [1.54, 1.807) is 0 Å². The third kappa shape index (κ3) is 4.29. The topological polar surface area (TPSA) is 60.7 Å². The molecule has 0 amide bonds. The van der Waals surface area contributed by atoms with Crippen molar-refractivity contribution in [2.75, 3.05) is 0 Å². The van der Waals surface area contributed by atoms with E-state index in [9.17, 15) is 5.26 Å². The summed E-state index contributed by atoms with van der Waals surface area (Å²) in [7, 11) is 0. The molecule has 0 bridgehead atoms. The molecule has 0 aromatic carbocycles. The lowest BCUT2D eigenvalue weighted by Gasteiger charge is -2.46. The van der Waals surface area contributed by atoms with Crippen molar-refractivity contribution in [2.45, 2.75) is 64.6 Å². The second kappa shape index (κ2) is 5.78. The van der Waals surface area contributed by atoms with Gasteiger partial charge in [-0.05, 0) is 47.5 Å². The number of nitrogens with one attached hydrogen (secondary N) is 2. The summed E-state index contributed by atoms with van der Waals surface area (Å²) in [5.41, 5.74) is 1.76. The van der Waals surface area contributed by atoms with E-state index in [-0.39, 0.29) is 11.1 Å². The highest BCUT2D eigenvalue weighted by Crippen LogP contribution is 2.28. The first kappa shape index (κ1) is 16.0. The molecule has 1 aromatic rings. The van der Waals surface area contributed by atoms with Crippen LogP contribution in [0.4, 0.5) is 0 Å². The van der Waals surface area contributed by atoms with E-state index in [1.807, 2.05) is 18.5 Å². The Bertz CT molecular complexity index is 561. The van der Waals surface area contributed by atoms with E-state index in [1.165, 1.54) is 11.3 Å². The van der Waals surface area contributed by atoms with Crippen LogP contribution in [0.1, 0.15) is 51.2 Å². The van der Waals surface area contributed by atoms with E-state index in [0.717, 1.165) is 23.5 Å². The van der Waals surface area contributed by atoms with Gasteiger partial charge in [-0.1, -0.05) is 0 Å². The minimum absolute atomic E-state index is 0.0951. The molecule has 1 saturated heterocycles. The zero-order chi connectivity index (χ0) is 15.7. The number of rotatable bonds is 3. The molecule has 1 fully saturated rings. The largest absolute Gasteiger partial charge is 0.387 e. The van der Waals surface area contributed by atoms with Gasteiger partial charge in [-0.3, -0.25) is 0 Å². The smallest absolute Gasteiger partial charge is 0.135 e. The normalized spacial score (nSPS) is 21.8. The van der Waals surface area contributed by atoms with Gasteiger partial charge in [0.15, 0.2) is 0 Å². The predicted molar refractivity (Wildman–Crippen MR) is 87.9 cm³/mol. The zero-order valence-electron chi connectivity index (χ0n) is 13.4. The summed E-state index contributed by atoms with van der Waals surface area (Å²) >= 11 is 1.51. The number of nitrogens with zero attached hydrogens (tertiary/aromatic N) is 2. The molecule has 0 atom stereocenters. The molecule has 2 rings (SSSR count). The zero-order valence-corrected chi connectivity index (χ0v) is 14.3. The van der Waals surface area contributed by atoms with Gasteiger partial charge < -0.3 is 10.6 Å². The second-order valence-corrected chi connectivity index (χ2v) is 7.99. The molecule has 1 aliphatic rings. The van der Waals surface area contributed by atoms with Crippen molar-refractivity contribution in [1.82, 2.24) is 15.6 Å². The van der Waals surface area contributed by atoms with Crippen LogP contribution < -0.4 is 10.6 Å². The fraction of sp³-hybridized carbons (Fsp3) is 0.625. The Balaban J connectivity index is 2.10. The van der Waals surface area contributed by atoms with E-state index in [4.69, 9.17) is 0 Å². The van der Waals surface area contributed by atoms with Crippen molar-refractivity contribution in [3.8, 4) is 6.07 Å². The quantitative estimate of drug-likeness (QED) is 0.842. The standard InChI is InChI=1S/C16H24N4S/c1-11-10-21-14(19-11)12(8-17)9-18-13-6-15(2,3)20-16(4,5)7-13/h9-10,13,18,20H,6-7H2,1-5H3/b12-9+. The number of aromatic nitrogens is 1. The van der Waals surface area contributed by atoms with Crippen LogP contribution in [0.2, 0.25) is 0 Å². The van der Waals surface area contributed by atoms with Crippen LogP contribution in [0.15, 0.2) is 11.6 Å². The highest BCUT2D eigenvalue weighted by Gasteiger charge is 2.37. The molecule has 4 nitrogen and oxygen atoms in total. The fourth-order valence-electron chi connectivity index (χ4n) is 3.26. The Morgan fingerprint density at radius 3 is 2.52 bits per heavy atom. The summed E-state index contributed by atoms with van der Waals surface area (Å²) in [4.78, 5) is 4.38. The summed E-state index contributed by atoms with van der Waals surface area (Å²) in [6.07, 6.45) is 3.89. The van der Waals surface area contributed by atoms with Crippen molar-refractivity contribution in [2.24, 2.45) is 0 Å². The lowest BCUT2D eigenvalue weighted by Crippen LogP contribution is -2.61. The number of allylic oxidation sites excluding steroid dienone is 1. The van der Waals surface area contributed by atoms with Gasteiger partial charge in [-0.15, -0.1) is 11.3 Å². The Morgan fingerprint density at radius 1 is 1.43 bits per heavy atom. The van der Waals surface area contributed by atoms with Crippen LogP contribution in [0.5, 0.6) is 0 Å². The summed E-state index contributed by atoms with van der Waals surface area (Å²) in [5.74, 6) is 0. The van der Waals surface area contributed by atoms with Gasteiger partial charge >= 0.3 is 0 Å². The van der Waals surface area contributed by atoms with Gasteiger partial charge in [-0.25, -0.2) is 4.98 Å². The molecule has 0 aliphatic carbocycles. The molecule has 2 heterocycles. The fourth-order valence-corrected chi connectivity index (χ4v) is 4.02. The molecule has 0 radical (unpaired) electrons. The van der Waals surface area contributed by atoms with Gasteiger partial charge in [0, 0.05) is 34.4 Å². The maximum absolute atomic E-state index is 9.32. The van der Waals surface area contributed by atoms with Crippen molar-refractivity contribution in [3.63, 3.8) is 0 Å². The van der Waals surface area contributed by atoms with Gasteiger partial charge in [0.2, 0.25) is 0 Å². The monoisotopic (exact) mass is 304 g/mol. The third-order valence-corrected chi connectivity index (χ3v) is 4.62. The van der Waals surface area contributed by atoms with Crippen LogP contribution >= 0.6 is 11.3 Å². The molecule has 0 saturated carbocycles. The van der Waals surface area contributed by atoms with Gasteiger partial charge in [-0.2, -0.15) is 5.26 Å². The van der Waals surface area contributed by atoms with Crippen molar-refractivity contribution in [3.05, 3.63) is 22.3 Å². The highest BCUT2D eigenvalue weighted by molar-refractivity contribution is 7.10. The minimum Gasteiger partial charge on any atom is -0.387 e. The number of aryl methyl sites for hydroxylation is 1. The summed E-state index contributed by atoms with van der Waals surface area (Å²) < 4.78 is 0. The van der Waals surface area contributed by atoms with Gasteiger partial charge in [0.05, 0.1) is 0 Å². The SMILES string of the molecule is Cc1csc(/C(C#N)=C/NC2CC(C)(C)NC(C)(C)C2)n1. The number of thiazole rings is 1. The average molecular weight is 304 g/mol. The molecule has 5 heteroatoms. The maximum atomic E-state index is 9.32. The number of nitriles is 1. The van der Waals surface area contributed by atoms with Crippen LogP contribution in [0.3, 0.4) is 0 Å². The van der Waals surface area contributed by atoms with Crippen LogP contribution in [0.25, 0.3) is 5.57 Å². The minimum atomic E-state index is 0.0951. The highest BCUT2D eigenvalue weighted by atomic mass is 32.1. The lowest BCUT2D eigenvalue weighted by atomic mass is 9.80. The molecule has 2 N–H and O–H groups in total. The Morgan fingerprint density at radius 2 is 2.05 bits per heavy atom. The van der Waals surface area contributed by atoms with Crippen LogP contribution in [0, 0.1) is 18.3 Å². The Kier molecular flexibility index (Phi) is 4.40. The molecular formula is C16H24N4S. The van der Waals surface area contributed by atoms with Gasteiger partial charge in [0.25, 0.3) is 0 Å². The first-order chi connectivity index (χ1) is 9.71. The molecule has 1 aromatic heterocycles. The maximum Gasteiger partial charge on any atom is 0.135 e. The number of piperidine rings is 1. The van der Waals surface area contributed by atoms with Crippen molar-refractivity contribution < 1.29 is 0 Å². The Labute approximate surface area is 131 Å². The lowest BCUT2D eigenvalue weighted by molar-refractivity contribution is 0.153. The van der Waals surface area contributed by atoms with E-state index >= 15 is 0 Å². The van der Waals surface area contributed by atoms with Crippen molar-refractivity contribution >= 4 is 16.9 Å². The first-order valence-electron chi connectivity index (χ1n) is 7.29. The van der Waals surface area contributed by atoms with Crippen molar-refractivity contribution in [1.29, 1.82) is 5.26 Å². The second-order valence-electron chi connectivity index (χ2n) is 7.13. The Hall–Kier alpha value is -1.38. The van der Waals surface area contributed by atoms with Crippen LogP contribution in [-0.4, -0.2) is 22.1 Å².